The predicted octanol–water partition coefficient (Wildman–Crippen LogP) is 2.18. The van der Waals surface area contributed by atoms with Crippen LogP contribution in [0.25, 0.3) is 0 Å². The molecule has 0 atom stereocenters. The van der Waals surface area contributed by atoms with Crippen molar-refractivity contribution < 1.29 is 13.2 Å². The molecule has 1 N–H and O–H groups in total. The summed E-state index contributed by atoms with van der Waals surface area (Å²) in [7, 11) is 0. The normalized spacial score (nSPS) is 11.4. The fourth-order valence-corrected chi connectivity index (χ4v) is 1.44. The first-order chi connectivity index (χ1) is 5.89. The van der Waals surface area contributed by atoms with Gasteiger partial charge in [0, 0.05) is 0 Å². The van der Waals surface area contributed by atoms with Gasteiger partial charge in [-0.15, -0.1) is 22.8 Å². The minimum Gasteiger partial charge on any atom is -0.316 e. The Balaban J connectivity index is 2.81. The molecule has 0 radical (unpaired) electrons. The van der Waals surface area contributed by atoms with Gasteiger partial charge < -0.3 is 5.32 Å². The van der Waals surface area contributed by atoms with E-state index in [4.69, 9.17) is 0 Å². The summed E-state index contributed by atoms with van der Waals surface area (Å²) >= 11 is 8.53. The third-order valence-electron chi connectivity index (χ3n) is 0.881. The van der Waals surface area contributed by atoms with E-state index in [2.05, 4.69) is 40.4 Å². The van der Waals surface area contributed by atoms with E-state index in [-0.39, 0.29) is 9.45 Å². The molecular weight excluding hydrogens is 243 g/mol. The van der Waals surface area contributed by atoms with Gasteiger partial charge in [-0.25, -0.2) is 0 Å². The van der Waals surface area contributed by atoms with Gasteiger partial charge in [-0.2, -0.15) is 13.2 Å². The van der Waals surface area contributed by atoms with Crippen LogP contribution in [-0.2, 0) is 6.18 Å². The first-order valence-corrected chi connectivity index (χ1v) is 4.47. The zero-order valence-corrected chi connectivity index (χ0v) is 8.32. The van der Waals surface area contributed by atoms with Crippen molar-refractivity contribution in [3.8, 4) is 0 Å². The van der Waals surface area contributed by atoms with Crippen LogP contribution in [0.5, 0.6) is 0 Å². The Morgan fingerprint density at radius 1 is 1.46 bits per heavy atom. The molecule has 13 heavy (non-hydrogen) atoms. The summed E-state index contributed by atoms with van der Waals surface area (Å²) in [4.78, 5) is 0. The first-order valence-electron chi connectivity index (χ1n) is 2.80. The summed E-state index contributed by atoms with van der Waals surface area (Å²) in [6.45, 7) is 0. The van der Waals surface area contributed by atoms with Crippen LogP contribution in [0.3, 0.4) is 0 Å². The van der Waals surface area contributed by atoms with Crippen molar-refractivity contribution in [2.75, 3.05) is 5.32 Å². The topological polar surface area (TPSA) is 37.8 Å². The molecule has 72 valence electrons. The molecule has 1 rings (SSSR count). The third-order valence-corrected chi connectivity index (χ3v) is 1.98. The van der Waals surface area contributed by atoms with Crippen molar-refractivity contribution >= 4 is 45.6 Å². The molecule has 0 aromatic carbocycles. The number of thiocarbonyl (C=S) groups is 1. The highest BCUT2D eigenvalue weighted by Crippen LogP contribution is 2.32. The van der Waals surface area contributed by atoms with Gasteiger partial charge in [0.15, 0.2) is 0 Å². The monoisotopic (exact) mass is 245 g/mol. The Morgan fingerprint density at radius 2 is 2.08 bits per heavy atom. The highest BCUT2D eigenvalue weighted by atomic mass is 32.1. The van der Waals surface area contributed by atoms with E-state index in [0.717, 1.165) is 0 Å². The summed E-state index contributed by atoms with van der Waals surface area (Å²) in [5.41, 5.74) is 0. The molecule has 0 saturated heterocycles. The van der Waals surface area contributed by atoms with E-state index < -0.39 is 11.2 Å². The first kappa shape index (κ1) is 10.7. The fraction of sp³-hybridized carbons (Fsp3) is 0.250. The number of thiol groups is 1. The molecular formula is C4H2F3N3S3. The second-order valence-electron chi connectivity index (χ2n) is 1.84. The van der Waals surface area contributed by atoms with E-state index in [1.165, 1.54) is 0 Å². The predicted molar refractivity (Wildman–Crippen MR) is 50.1 cm³/mol. The second-order valence-corrected chi connectivity index (χ2v) is 3.98. The quantitative estimate of drug-likeness (QED) is 0.587. The number of anilines is 1. The van der Waals surface area contributed by atoms with Gasteiger partial charge in [0.2, 0.25) is 10.1 Å². The van der Waals surface area contributed by atoms with Gasteiger partial charge in [-0.1, -0.05) is 23.6 Å². The molecule has 0 aliphatic rings. The Labute approximate surface area is 85.8 Å². The molecule has 9 heteroatoms. The molecule has 0 bridgehead atoms. The lowest BCUT2D eigenvalue weighted by Crippen LogP contribution is -2.03. The highest BCUT2D eigenvalue weighted by molar-refractivity contribution is 8.11. The molecule has 0 fully saturated rings. The van der Waals surface area contributed by atoms with Crippen LogP contribution in [0.2, 0.25) is 0 Å². The molecule has 1 aromatic heterocycles. The van der Waals surface area contributed by atoms with Gasteiger partial charge in [-0.3, -0.25) is 0 Å². The molecule has 3 nitrogen and oxygen atoms in total. The van der Waals surface area contributed by atoms with Gasteiger partial charge in [0.1, 0.15) is 4.32 Å². The van der Waals surface area contributed by atoms with E-state index in [0.29, 0.717) is 11.3 Å². The zero-order valence-electron chi connectivity index (χ0n) is 5.79. The van der Waals surface area contributed by atoms with Crippen molar-refractivity contribution in [1.82, 2.24) is 10.2 Å². The van der Waals surface area contributed by atoms with Crippen LogP contribution in [0.4, 0.5) is 18.3 Å². The zero-order chi connectivity index (χ0) is 10.1. The van der Waals surface area contributed by atoms with Crippen molar-refractivity contribution in [2.24, 2.45) is 0 Å². The Bertz CT molecular complexity index is 320. The lowest BCUT2D eigenvalue weighted by molar-refractivity contribution is -0.138. The maximum Gasteiger partial charge on any atom is 0.445 e. The standard InChI is InChI=1S/C4H2F3N3S3/c5-4(6,7)1-9-10-2(13-1)8-3(11)12/h(H2,8,10,11,12). The number of hydrogen-bond donors (Lipinski definition) is 2. The second kappa shape index (κ2) is 3.76. The number of aromatic nitrogens is 2. The SMILES string of the molecule is FC(F)(F)c1nnc(NC(=S)S)s1. The average Bonchev–Trinajstić information content (AvgIpc) is 2.32. The van der Waals surface area contributed by atoms with Crippen molar-refractivity contribution in [3.05, 3.63) is 5.01 Å². The summed E-state index contributed by atoms with van der Waals surface area (Å²) in [6, 6.07) is 0. The number of rotatable bonds is 1. The minimum absolute atomic E-state index is 0.0210. The number of nitrogens with zero attached hydrogens (tertiary/aromatic N) is 2. The van der Waals surface area contributed by atoms with Crippen molar-refractivity contribution in [1.29, 1.82) is 0 Å². The van der Waals surface area contributed by atoms with Crippen LogP contribution in [0, 0.1) is 0 Å². The molecule has 0 unspecified atom stereocenters. The van der Waals surface area contributed by atoms with Gasteiger partial charge >= 0.3 is 6.18 Å². The summed E-state index contributed by atoms with van der Waals surface area (Å²) in [6.07, 6.45) is -4.46. The molecule has 0 aliphatic carbocycles. The molecule has 1 aromatic rings. The van der Waals surface area contributed by atoms with Crippen molar-refractivity contribution in [3.63, 3.8) is 0 Å². The van der Waals surface area contributed by atoms with Crippen LogP contribution in [-0.4, -0.2) is 14.5 Å². The van der Waals surface area contributed by atoms with Crippen LogP contribution >= 0.6 is 36.2 Å². The highest BCUT2D eigenvalue weighted by Gasteiger charge is 2.35. The summed E-state index contributed by atoms with van der Waals surface area (Å²) < 4.78 is 35.9. The Kier molecular flexibility index (Phi) is 3.09. The largest absolute Gasteiger partial charge is 0.445 e. The Morgan fingerprint density at radius 3 is 2.46 bits per heavy atom. The maximum absolute atomic E-state index is 12.0. The van der Waals surface area contributed by atoms with E-state index in [1.807, 2.05) is 0 Å². The Hall–Kier alpha value is -0.410. The van der Waals surface area contributed by atoms with Crippen LogP contribution in [0.15, 0.2) is 0 Å². The van der Waals surface area contributed by atoms with Gasteiger partial charge in [0.05, 0.1) is 0 Å². The van der Waals surface area contributed by atoms with E-state index in [1.54, 1.807) is 0 Å². The number of halogens is 3. The molecule has 0 aliphatic heterocycles. The van der Waals surface area contributed by atoms with Crippen molar-refractivity contribution in [2.45, 2.75) is 6.18 Å². The lowest BCUT2D eigenvalue weighted by Gasteiger charge is -1.97. The summed E-state index contributed by atoms with van der Waals surface area (Å²) in [5, 5.41) is 7.45. The molecule has 0 saturated carbocycles. The smallest absolute Gasteiger partial charge is 0.316 e. The lowest BCUT2D eigenvalue weighted by atomic mass is 10.7. The molecule has 0 spiro atoms. The van der Waals surface area contributed by atoms with E-state index >= 15 is 0 Å². The number of alkyl halides is 3. The van der Waals surface area contributed by atoms with Crippen LogP contribution in [0.1, 0.15) is 5.01 Å². The van der Waals surface area contributed by atoms with Gasteiger partial charge in [0.25, 0.3) is 0 Å². The third kappa shape index (κ3) is 3.08. The van der Waals surface area contributed by atoms with Gasteiger partial charge in [-0.05, 0) is 0 Å². The fourth-order valence-electron chi connectivity index (χ4n) is 0.480. The molecule has 0 amide bonds. The summed E-state index contributed by atoms with van der Waals surface area (Å²) in [5.74, 6) is 0. The molecule has 1 heterocycles. The maximum atomic E-state index is 12.0. The number of nitrogens with one attached hydrogen (secondary N) is 1. The van der Waals surface area contributed by atoms with E-state index in [9.17, 15) is 13.2 Å². The average molecular weight is 245 g/mol. The number of hydrogen-bond acceptors (Lipinski definition) is 4. The minimum atomic E-state index is -4.46. The van der Waals surface area contributed by atoms with Crippen LogP contribution < -0.4 is 5.32 Å².